The van der Waals surface area contributed by atoms with Crippen LogP contribution in [-0.4, -0.2) is 41.9 Å². The van der Waals surface area contributed by atoms with Crippen LogP contribution in [0.4, 0.5) is 20.9 Å². The van der Waals surface area contributed by atoms with E-state index < -0.39 is 0 Å². The molecule has 1 fully saturated rings. The number of anilines is 3. The van der Waals surface area contributed by atoms with Gasteiger partial charge in [-0.3, -0.25) is 9.59 Å². The summed E-state index contributed by atoms with van der Waals surface area (Å²) in [4.78, 5) is 31.7. The van der Waals surface area contributed by atoms with E-state index in [4.69, 9.17) is 4.74 Å². The van der Waals surface area contributed by atoms with Gasteiger partial charge in [-0.05, 0) is 49.2 Å². The second kappa shape index (κ2) is 9.78. The van der Waals surface area contributed by atoms with Gasteiger partial charge in [0.05, 0.1) is 13.0 Å². The Balaban J connectivity index is 1.37. The van der Waals surface area contributed by atoms with Gasteiger partial charge >= 0.3 is 0 Å². The highest BCUT2D eigenvalue weighted by molar-refractivity contribution is 7.14. The zero-order valence-corrected chi connectivity index (χ0v) is 18.3. The predicted molar refractivity (Wildman–Crippen MR) is 122 cm³/mol. The quantitative estimate of drug-likeness (QED) is 0.572. The van der Waals surface area contributed by atoms with Gasteiger partial charge in [0.2, 0.25) is 5.91 Å². The molecule has 32 heavy (non-hydrogen) atoms. The van der Waals surface area contributed by atoms with Crippen molar-refractivity contribution in [2.75, 3.05) is 30.8 Å². The summed E-state index contributed by atoms with van der Waals surface area (Å²) in [6, 6.07) is 13.1. The number of piperidine rings is 1. The molecule has 7 nitrogen and oxygen atoms in total. The lowest BCUT2D eigenvalue weighted by Gasteiger charge is -2.31. The zero-order chi connectivity index (χ0) is 22.5. The Kier molecular flexibility index (Phi) is 6.65. The Hall–Kier alpha value is -3.46. The first-order valence-corrected chi connectivity index (χ1v) is 11.1. The summed E-state index contributed by atoms with van der Waals surface area (Å²) in [5.41, 5.74) is 1.70. The highest BCUT2D eigenvalue weighted by Crippen LogP contribution is 2.26. The fourth-order valence-corrected chi connectivity index (χ4v) is 4.27. The van der Waals surface area contributed by atoms with Crippen molar-refractivity contribution in [1.82, 2.24) is 9.88 Å². The van der Waals surface area contributed by atoms with Crippen LogP contribution in [0.1, 0.15) is 23.3 Å². The van der Waals surface area contributed by atoms with E-state index in [2.05, 4.69) is 15.6 Å². The molecule has 166 valence electrons. The number of rotatable bonds is 6. The lowest BCUT2D eigenvalue weighted by Crippen LogP contribution is -2.43. The number of likely N-dealkylation sites (tertiary alicyclic amines) is 1. The van der Waals surface area contributed by atoms with Crippen molar-refractivity contribution in [3.8, 4) is 5.75 Å². The molecule has 3 aromatic rings. The van der Waals surface area contributed by atoms with Gasteiger partial charge in [0.15, 0.2) is 5.13 Å². The second-order valence-electron chi connectivity index (χ2n) is 7.48. The Morgan fingerprint density at radius 1 is 1.19 bits per heavy atom. The van der Waals surface area contributed by atoms with Gasteiger partial charge in [0, 0.05) is 35.9 Å². The van der Waals surface area contributed by atoms with Crippen LogP contribution in [0.2, 0.25) is 0 Å². The maximum Gasteiger partial charge on any atom is 0.273 e. The lowest BCUT2D eigenvalue weighted by molar-refractivity contribution is -0.121. The minimum Gasteiger partial charge on any atom is -0.497 e. The van der Waals surface area contributed by atoms with Crippen LogP contribution in [0.3, 0.4) is 0 Å². The summed E-state index contributed by atoms with van der Waals surface area (Å²) >= 11 is 1.34. The number of ether oxygens (including phenoxy) is 1. The molecule has 2 heterocycles. The number of nitrogens with zero attached hydrogens (tertiary/aromatic N) is 2. The number of hydrogen-bond donors (Lipinski definition) is 2. The fourth-order valence-electron chi connectivity index (χ4n) is 3.57. The average Bonchev–Trinajstić information content (AvgIpc) is 3.28. The van der Waals surface area contributed by atoms with Crippen molar-refractivity contribution < 1.29 is 18.7 Å². The van der Waals surface area contributed by atoms with E-state index in [1.54, 1.807) is 17.4 Å². The summed E-state index contributed by atoms with van der Waals surface area (Å²) in [6.07, 6.45) is 1.42. The van der Waals surface area contributed by atoms with Crippen LogP contribution in [0, 0.1) is 11.7 Å². The number of benzene rings is 2. The van der Waals surface area contributed by atoms with E-state index in [1.165, 1.54) is 35.6 Å². The van der Waals surface area contributed by atoms with Crippen molar-refractivity contribution in [2.24, 2.45) is 5.92 Å². The number of carbonyl (C=O) groups excluding carboxylic acids is 2. The molecule has 1 aromatic heterocycles. The third-order valence-corrected chi connectivity index (χ3v) is 5.99. The third-order valence-electron chi connectivity index (χ3n) is 5.24. The molecule has 2 amide bonds. The van der Waals surface area contributed by atoms with Gasteiger partial charge in [-0.15, -0.1) is 11.3 Å². The number of carbonyl (C=O) groups is 2. The third kappa shape index (κ3) is 5.23. The second-order valence-corrected chi connectivity index (χ2v) is 8.34. The van der Waals surface area contributed by atoms with E-state index in [1.807, 2.05) is 24.3 Å². The molecule has 1 atom stereocenters. The smallest absolute Gasteiger partial charge is 0.273 e. The van der Waals surface area contributed by atoms with Gasteiger partial charge in [-0.2, -0.15) is 0 Å². The van der Waals surface area contributed by atoms with Crippen molar-refractivity contribution in [3.63, 3.8) is 0 Å². The first-order valence-electron chi connectivity index (χ1n) is 10.2. The van der Waals surface area contributed by atoms with Crippen LogP contribution in [0.25, 0.3) is 0 Å². The summed E-state index contributed by atoms with van der Waals surface area (Å²) in [5, 5.41) is 8.30. The van der Waals surface area contributed by atoms with E-state index in [-0.39, 0.29) is 23.5 Å². The number of hydrogen-bond acceptors (Lipinski definition) is 6. The van der Waals surface area contributed by atoms with Crippen LogP contribution >= 0.6 is 11.3 Å². The Labute approximate surface area is 189 Å². The van der Waals surface area contributed by atoms with Crippen LogP contribution < -0.4 is 15.4 Å². The molecule has 4 rings (SSSR count). The summed E-state index contributed by atoms with van der Waals surface area (Å²) < 4.78 is 18.3. The Morgan fingerprint density at radius 3 is 2.78 bits per heavy atom. The minimum atomic E-state index is -0.360. The largest absolute Gasteiger partial charge is 0.497 e. The zero-order valence-electron chi connectivity index (χ0n) is 17.5. The summed E-state index contributed by atoms with van der Waals surface area (Å²) in [6.45, 7) is 0.900. The molecule has 2 aromatic carbocycles. The van der Waals surface area contributed by atoms with Gasteiger partial charge in [0.25, 0.3) is 5.91 Å². The molecule has 0 aliphatic carbocycles. The van der Waals surface area contributed by atoms with Crippen LogP contribution in [0.15, 0.2) is 53.9 Å². The monoisotopic (exact) mass is 454 g/mol. The summed E-state index contributed by atoms with van der Waals surface area (Å²) in [7, 11) is 1.60. The molecule has 0 radical (unpaired) electrons. The molecule has 0 saturated carbocycles. The van der Waals surface area contributed by atoms with Crippen molar-refractivity contribution in [3.05, 3.63) is 65.4 Å². The van der Waals surface area contributed by atoms with E-state index in [9.17, 15) is 14.0 Å². The minimum absolute atomic E-state index is 0.173. The van der Waals surface area contributed by atoms with Crippen molar-refractivity contribution in [1.29, 1.82) is 0 Å². The number of amides is 2. The van der Waals surface area contributed by atoms with E-state index >= 15 is 0 Å². The highest BCUT2D eigenvalue weighted by atomic mass is 32.1. The van der Waals surface area contributed by atoms with Crippen LogP contribution in [-0.2, 0) is 4.79 Å². The molecule has 9 heteroatoms. The number of thiazole rings is 1. The Bertz CT molecular complexity index is 1100. The number of aromatic nitrogens is 1. The molecule has 1 aliphatic heterocycles. The number of halogens is 1. The number of methoxy groups -OCH3 is 1. The standard InChI is InChI=1S/C23H23FN4O3S/c1-31-19-6-2-5-18(12-19)26-23-27-20(14-32-23)22(30)28-11-3-4-15(13-28)21(29)25-17-9-7-16(24)8-10-17/h2,5-10,12,14-15H,3-4,11,13H2,1H3,(H,25,29)(H,26,27)/t15-/m0/s1. The first kappa shape index (κ1) is 21.8. The van der Waals surface area contributed by atoms with Gasteiger partial charge in [-0.25, -0.2) is 9.37 Å². The normalized spacial score (nSPS) is 15.8. The molecular weight excluding hydrogens is 431 g/mol. The molecule has 0 spiro atoms. The van der Waals surface area contributed by atoms with Gasteiger partial charge in [-0.1, -0.05) is 6.07 Å². The fraction of sp³-hybridized carbons (Fsp3) is 0.261. The maximum absolute atomic E-state index is 13.1. The topological polar surface area (TPSA) is 83.6 Å². The molecule has 1 saturated heterocycles. The van der Waals surface area contributed by atoms with Crippen LogP contribution in [0.5, 0.6) is 5.75 Å². The van der Waals surface area contributed by atoms with Crippen molar-refractivity contribution in [2.45, 2.75) is 12.8 Å². The predicted octanol–water partition coefficient (Wildman–Crippen LogP) is 4.53. The van der Waals surface area contributed by atoms with Gasteiger partial charge < -0.3 is 20.3 Å². The van der Waals surface area contributed by atoms with E-state index in [0.29, 0.717) is 36.0 Å². The molecule has 1 aliphatic rings. The number of nitrogens with one attached hydrogen (secondary N) is 2. The van der Waals surface area contributed by atoms with Gasteiger partial charge in [0.1, 0.15) is 17.3 Å². The van der Waals surface area contributed by atoms with E-state index in [0.717, 1.165) is 17.9 Å². The summed E-state index contributed by atoms with van der Waals surface area (Å²) in [5.74, 6) is -0.333. The lowest BCUT2D eigenvalue weighted by atomic mass is 9.96. The average molecular weight is 455 g/mol. The first-order chi connectivity index (χ1) is 15.5. The molecule has 0 bridgehead atoms. The highest BCUT2D eigenvalue weighted by Gasteiger charge is 2.30. The molecular formula is C23H23FN4O3S. The SMILES string of the molecule is COc1cccc(Nc2nc(C(=O)N3CCC[C@H](C(=O)Nc4ccc(F)cc4)C3)cs2)c1. The molecule has 0 unspecified atom stereocenters. The maximum atomic E-state index is 13.1. The Morgan fingerprint density at radius 2 is 2.00 bits per heavy atom. The van der Waals surface area contributed by atoms with Crippen molar-refractivity contribution >= 4 is 39.7 Å². The molecule has 2 N–H and O–H groups in total.